The van der Waals surface area contributed by atoms with Gasteiger partial charge in [0.15, 0.2) is 9.35 Å². The van der Waals surface area contributed by atoms with Gasteiger partial charge in [0.1, 0.15) is 0 Å². The minimum Gasteiger partial charge on any atom is -0.353 e. The van der Waals surface area contributed by atoms with Crippen molar-refractivity contribution in [2.75, 3.05) is 0 Å². The third-order valence-electron chi connectivity index (χ3n) is 2.41. The Morgan fingerprint density at radius 2 is 1.86 bits per heavy atom. The molecule has 1 aromatic carbocycles. The zero-order chi connectivity index (χ0) is 15.7. The quantitative estimate of drug-likeness (QED) is 0.650. The predicted molar refractivity (Wildman–Crippen MR) is 73.1 cm³/mol. The molecule has 0 amide bonds. The number of nitrogens with zero attached hydrogens (tertiary/aromatic N) is 2. The fourth-order valence-electron chi connectivity index (χ4n) is 1.29. The van der Waals surface area contributed by atoms with E-state index in [2.05, 4.69) is 10.2 Å². The highest BCUT2D eigenvalue weighted by atomic mass is 35.5. The molecule has 1 aromatic heterocycles. The van der Waals surface area contributed by atoms with E-state index in [9.17, 15) is 13.2 Å². The molecule has 21 heavy (non-hydrogen) atoms. The SMILES string of the molecule is OC(O)(c1nnc(SCc2ccccc2Cl)s1)C(F)(F)F. The third-order valence-corrected chi connectivity index (χ3v) is 4.98. The third kappa shape index (κ3) is 3.67. The molecule has 2 aromatic rings. The summed E-state index contributed by atoms with van der Waals surface area (Å²) >= 11 is 7.53. The molecule has 0 spiro atoms. The average Bonchev–Trinajstić information content (AvgIpc) is 2.86. The van der Waals surface area contributed by atoms with Crippen molar-refractivity contribution >= 4 is 34.7 Å². The largest absolute Gasteiger partial charge is 0.450 e. The highest BCUT2D eigenvalue weighted by molar-refractivity contribution is 8.00. The maximum atomic E-state index is 12.4. The van der Waals surface area contributed by atoms with E-state index in [0.29, 0.717) is 22.1 Å². The number of aromatic nitrogens is 2. The lowest BCUT2D eigenvalue weighted by atomic mass is 10.2. The maximum Gasteiger partial charge on any atom is 0.450 e. The zero-order valence-electron chi connectivity index (χ0n) is 10.1. The number of benzene rings is 1. The molecule has 0 unspecified atom stereocenters. The van der Waals surface area contributed by atoms with Gasteiger partial charge in [-0.25, -0.2) is 0 Å². The van der Waals surface area contributed by atoms with Crippen LogP contribution < -0.4 is 0 Å². The molecular weight excluding hydrogens is 349 g/mol. The molecular formula is C11H8ClF3N2O2S2. The van der Waals surface area contributed by atoms with E-state index >= 15 is 0 Å². The van der Waals surface area contributed by atoms with Crippen LogP contribution in [0.5, 0.6) is 0 Å². The monoisotopic (exact) mass is 356 g/mol. The molecule has 2 N–H and O–H groups in total. The number of hydrogen-bond acceptors (Lipinski definition) is 6. The summed E-state index contributed by atoms with van der Waals surface area (Å²) < 4.78 is 37.5. The minimum absolute atomic E-state index is 0.182. The smallest absolute Gasteiger partial charge is 0.353 e. The summed E-state index contributed by atoms with van der Waals surface area (Å²) in [5.41, 5.74) is 0.788. The van der Waals surface area contributed by atoms with E-state index in [4.69, 9.17) is 21.8 Å². The molecule has 10 heteroatoms. The van der Waals surface area contributed by atoms with Gasteiger partial charge in [-0.05, 0) is 11.6 Å². The van der Waals surface area contributed by atoms with Crippen molar-refractivity contribution in [2.24, 2.45) is 0 Å². The second-order valence-corrected chi connectivity index (χ2v) is 6.53. The van der Waals surface area contributed by atoms with Crippen LogP contribution in [0.15, 0.2) is 28.6 Å². The molecule has 0 aliphatic carbocycles. The molecule has 0 bridgehead atoms. The van der Waals surface area contributed by atoms with Crippen molar-refractivity contribution in [3.63, 3.8) is 0 Å². The van der Waals surface area contributed by atoms with E-state index in [1.165, 1.54) is 0 Å². The van der Waals surface area contributed by atoms with Crippen LogP contribution in [0.1, 0.15) is 10.6 Å². The fraction of sp³-hybridized carbons (Fsp3) is 0.273. The summed E-state index contributed by atoms with van der Waals surface area (Å²) in [4.78, 5) is 0. The Hall–Kier alpha value is -0.870. The standard InChI is InChI=1S/C11H8ClF3N2O2S2/c12-7-4-2-1-3-6(7)5-20-9-17-16-8(21-9)10(18,19)11(13,14)15/h1-4,18-19H,5H2. The van der Waals surface area contributed by atoms with Crippen molar-refractivity contribution < 1.29 is 23.4 Å². The Morgan fingerprint density at radius 3 is 2.48 bits per heavy atom. The predicted octanol–water partition coefficient (Wildman–Crippen LogP) is 3.18. The summed E-state index contributed by atoms with van der Waals surface area (Å²) in [5.74, 6) is -3.61. The number of rotatable bonds is 4. The second kappa shape index (κ2) is 6.09. The van der Waals surface area contributed by atoms with Gasteiger partial charge in [-0.15, -0.1) is 10.2 Å². The van der Waals surface area contributed by atoms with Crippen LogP contribution in [0.25, 0.3) is 0 Å². The normalized spacial score (nSPS) is 12.7. The molecule has 4 nitrogen and oxygen atoms in total. The number of aliphatic hydroxyl groups is 2. The van der Waals surface area contributed by atoms with Crippen LogP contribution in [0.2, 0.25) is 5.02 Å². The van der Waals surface area contributed by atoms with Crippen molar-refractivity contribution in [1.82, 2.24) is 10.2 Å². The summed E-state index contributed by atoms with van der Waals surface area (Å²) in [7, 11) is 0. The lowest BCUT2D eigenvalue weighted by Crippen LogP contribution is -2.41. The fourth-order valence-corrected chi connectivity index (χ4v) is 3.43. The summed E-state index contributed by atoms with van der Waals surface area (Å²) in [5, 5.41) is 24.5. The van der Waals surface area contributed by atoms with Crippen molar-refractivity contribution in [1.29, 1.82) is 0 Å². The average molecular weight is 357 g/mol. The van der Waals surface area contributed by atoms with Crippen LogP contribution in [0.3, 0.4) is 0 Å². The van der Waals surface area contributed by atoms with Crippen LogP contribution >= 0.6 is 34.7 Å². The molecule has 0 atom stereocenters. The van der Waals surface area contributed by atoms with Gasteiger partial charge in [-0.2, -0.15) is 13.2 Å². The molecule has 0 aliphatic heterocycles. The van der Waals surface area contributed by atoms with E-state index < -0.39 is 17.0 Å². The minimum atomic E-state index is -5.24. The van der Waals surface area contributed by atoms with Gasteiger partial charge in [0.25, 0.3) is 0 Å². The number of alkyl halides is 3. The Bertz CT molecular complexity index is 634. The highest BCUT2D eigenvalue weighted by Gasteiger charge is 2.57. The Labute approximate surface area is 130 Å². The first-order valence-corrected chi connectivity index (χ1v) is 7.61. The Balaban J connectivity index is 2.09. The van der Waals surface area contributed by atoms with Gasteiger partial charge in [0, 0.05) is 10.8 Å². The second-order valence-electron chi connectivity index (χ2n) is 3.92. The van der Waals surface area contributed by atoms with Gasteiger partial charge >= 0.3 is 12.0 Å². The lowest BCUT2D eigenvalue weighted by molar-refractivity contribution is -0.358. The van der Waals surface area contributed by atoms with Gasteiger partial charge < -0.3 is 10.2 Å². The molecule has 0 saturated heterocycles. The summed E-state index contributed by atoms with van der Waals surface area (Å²) in [6, 6.07) is 7.01. The lowest BCUT2D eigenvalue weighted by Gasteiger charge is -2.20. The van der Waals surface area contributed by atoms with Gasteiger partial charge in [0.05, 0.1) is 0 Å². The molecule has 2 rings (SSSR count). The van der Waals surface area contributed by atoms with E-state index in [-0.39, 0.29) is 4.34 Å². The van der Waals surface area contributed by atoms with Crippen LogP contribution in [0, 0.1) is 0 Å². The van der Waals surface area contributed by atoms with E-state index in [0.717, 1.165) is 17.3 Å². The Kier molecular flexibility index (Phi) is 4.79. The van der Waals surface area contributed by atoms with Crippen molar-refractivity contribution in [2.45, 2.75) is 22.1 Å². The molecule has 1 heterocycles. The van der Waals surface area contributed by atoms with Crippen LogP contribution in [-0.2, 0) is 11.5 Å². The summed E-state index contributed by atoms with van der Waals surface area (Å²) in [6.07, 6.45) is -5.24. The first-order valence-electron chi connectivity index (χ1n) is 5.43. The molecule has 0 fully saturated rings. The Morgan fingerprint density at radius 1 is 1.19 bits per heavy atom. The van der Waals surface area contributed by atoms with Crippen molar-refractivity contribution in [3.05, 3.63) is 39.9 Å². The number of hydrogen-bond donors (Lipinski definition) is 2. The maximum absolute atomic E-state index is 12.4. The molecule has 0 aliphatic rings. The topological polar surface area (TPSA) is 66.2 Å². The van der Waals surface area contributed by atoms with Crippen LogP contribution in [-0.4, -0.2) is 26.6 Å². The molecule has 0 radical (unpaired) electrons. The first kappa shape index (κ1) is 16.5. The van der Waals surface area contributed by atoms with E-state index in [1.807, 2.05) is 0 Å². The summed E-state index contributed by atoms with van der Waals surface area (Å²) in [6.45, 7) is 0. The van der Waals surface area contributed by atoms with Gasteiger partial charge in [0.2, 0.25) is 0 Å². The zero-order valence-corrected chi connectivity index (χ0v) is 12.5. The van der Waals surface area contributed by atoms with Crippen molar-refractivity contribution in [3.8, 4) is 0 Å². The molecule has 0 saturated carbocycles. The first-order chi connectivity index (χ1) is 9.72. The van der Waals surface area contributed by atoms with Gasteiger partial charge in [-0.1, -0.05) is 52.9 Å². The van der Waals surface area contributed by atoms with Gasteiger partial charge in [-0.3, -0.25) is 0 Å². The number of halogens is 4. The van der Waals surface area contributed by atoms with Crippen LogP contribution in [0.4, 0.5) is 13.2 Å². The highest BCUT2D eigenvalue weighted by Crippen LogP contribution is 2.39. The number of thioether (sulfide) groups is 1. The van der Waals surface area contributed by atoms with E-state index in [1.54, 1.807) is 24.3 Å². The molecule has 114 valence electrons.